The zero-order chi connectivity index (χ0) is 19.1. The zero-order valence-electron chi connectivity index (χ0n) is 15.5. The van der Waals surface area contributed by atoms with E-state index in [1.54, 1.807) is 0 Å². The first-order valence-electron chi connectivity index (χ1n) is 9.37. The van der Waals surface area contributed by atoms with Crippen molar-refractivity contribution in [3.05, 3.63) is 59.8 Å². The molecule has 0 unspecified atom stereocenters. The fourth-order valence-corrected chi connectivity index (χ4v) is 4.19. The van der Waals surface area contributed by atoms with Crippen molar-refractivity contribution in [1.82, 2.24) is 29.5 Å². The van der Waals surface area contributed by atoms with Gasteiger partial charge in [0.05, 0.1) is 28.8 Å². The van der Waals surface area contributed by atoms with Crippen molar-refractivity contribution in [3.63, 3.8) is 0 Å². The van der Waals surface area contributed by atoms with E-state index >= 15 is 0 Å². The number of piperidine rings is 1. The number of anilines is 1. The van der Waals surface area contributed by atoms with Gasteiger partial charge >= 0.3 is 0 Å². The Balaban J connectivity index is 1.49. The van der Waals surface area contributed by atoms with Gasteiger partial charge in [-0.25, -0.2) is 15.0 Å². The second-order valence-electron chi connectivity index (χ2n) is 7.44. The first-order valence-corrected chi connectivity index (χ1v) is 9.75. The van der Waals surface area contributed by atoms with Crippen molar-refractivity contribution in [2.75, 3.05) is 18.0 Å². The molecule has 0 spiro atoms. The molecule has 0 amide bonds. The lowest BCUT2D eigenvalue weighted by molar-refractivity contribution is 0.398. The molecule has 7 nitrogen and oxygen atoms in total. The molecule has 1 fully saturated rings. The highest BCUT2D eigenvalue weighted by Gasteiger charge is 2.28. The number of aromatic nitrogens is 6. The Bertz CT molecular complexity index is 1100. The predicted octanol–water partition coefficient (Wildman–Crippen LogP) is 3.80. The van der Waals surface area contributed by atoms with Crippen molar-refractivity contribution < 1.29 is 0 Å². The number of fused-ring (bicyclic) bond motifs is 1. The fourth-order valence-electron chi connectivity index (χ4n) is 4.03. The monoisotopic (exact) mass is 393 g/mol. The number of rotatable bonds is 3. The highest BCUT2D eigenvalue weighted by molar-refractivity contribution is 6.30. The Morgan fingerprint density at radius 2 is 2.07 bits per heavy atom. The maximum absolute atomic E-state index is 6.17. The third-order valence-electron chi connectivity index (χ3n) is 5.31. The maximum Gasteiger partial charge on any atom is 0.225 e. The Morgan fingerprint density at radius 1 is 1.14 bits per heavy atom. The van der Waals surface area contributed by atoms with Gasteiger partial charge in [0.2, 0.25) is 5.95 Å². The van der Waals surface area contributed by atoms with Crippen LogP contribution >= 0.6 is 11.6 Å². The number of nitrogens with one attached hydrogen (secondary N) is 1. The largest absolute Gasteiger partial charge is 0.340 e. The van der Waals surface area contributed by atoms with Crippen molar-refractivity contribution >= 4 is 23.2 Å². The summed E-state index contributed by atoms with van der Waals surface area (Å²) in [5.41, 5.74) is 3.81. The van der Waals surface area contributed by atoms with E-state index in [-0.39, 0.29) is 0 Å². The van der Waals surface area contributed by atoms with Crippen molar-refractivity contribution in [1.29, 1.82) is 0 Å². The van der Waals surface area contributed by atoms with Gasteiger partial charge in [-0.15, -0.1) is 0 Å². The van der Waals surface area contributed by atoms with Crippen LogP contribution in [0.4, 0.5) is 5.95 Å². The lowest BCUT2D eigenvalue weighted by Gasteiger charge is -2.36. The molecular weight excluding hydrogens is 374 g/mol. The van der Waals surface area contributed by atoms with E-state index in [4.69, 9.17) is 16.6 Å². The molecule has 0 aliphatic carbocycles. The van der Waals surface area contributed by atoms with Crippen LogP contribution in [0.15, 0.2) is 49.2 Å². The van der Waals surface area contributed by atoms with E-state index < -0.39 is 0 Å². The highest BCUT2D eigenvalue weighted by Crippen LogP contribution is 2.32. The molecule has 4 aromatic heterocycles. The molecule has 2 atom stereocenters. The van der Waals surface area contributed by atoms with E-state index in [1.165, 1.54) is 5.56 Å². The van der Waals surface area contributed by atoms with Crippen LogP contribution in [0.1, 0.15) is 24.8 Å². The number of hydrogen-bond donors (Lipinski definition) is 1. The molecule has 0 saturated carbocycles. The lowest BCUT2D eigenvalue weighted by atomic mass is 9.87. The van der Waals surface area contributed by atoms with E-state index in [0.717, 1.165) is 42.5 Å². The van der Waals surface area contributed by atoms with Gasteiger partial charge in [0.25, 0.3) is 0 Å². The Kier molecular flexibility index (Phi) is 4.24. The van der Waals surface area contributed by atoms with Crippen LogP contribution in [0.5, 0.6) is 0 Å². The third-order valence-corrected chi connectivity index (χ3v) is 5.53. The lowest BCUT2D eigenvalue weighted by Crippen LogP contribution is -2.39. The average molecular weight is 394 g/mol. The molecule has 1 N–H and O–H groups in total. The van der Waals surface area contributed by atoms with Gasteiger partial charge in [-0.3, -0.25) is 9.50 Å². The van der Waals surface area contributed by atoms with Gasteiger partial charge in [0.1, 0.15) is 5.65 Å². The second kappa shape index (κ2) is 6.91. The summed E-state index contributed by atoms with van der Waals surface area (Å²) in [7, 11) is 0. The van der Waals surface area contributed by atoms with Crippen LogP contribution in [0.3, 0.4) is 0 Å². The summed E-state index contributed by atoms with van der Waals surface area (Å²) < 4.78 is 1.96. The van der Waals surface area contributed by atoms with Crippen molar-refractivity contribution in [2.45, 2.75) is 19.3 Å². The molecule has 0 radical (unpaired) electrons. The summed E-state index contributed by atoms with van der Waals surface area (Å²) in [6, 6.07) is 5.65. The second-order valence-corrected chi connectivity index (χ2v) is 7.87. The molecule has 0 bridgehead atoms. The molecule has 1 aliphatic rings. The Labute approximate surface area is 167 Å². The van der Waals surface area contributed by atoms with Crippen LogP contribution in [-0.4, -0.2) is 42.6 Å². The molecule has 1 aliphatic heterocycles. The number of nitrogens with zero attached hydrogens (tertiary/aromatic N) is 6. The maximum atomic E-state index is 6.17. The van der Waals surface area contributed by atoms with Gasteiger partial charge in [0.15, 0.2) is 0 Å². The average Bonchev–Trinajstić information content (AvgIpc) is 3.37. The summed E-state index contributed by atoms with van der Waals surface area (Å²) >= 11 is 6.17. The predicted molar refractivity (Wildman–Crippen MR) is 109 cm³/mol. The smallest absolute Gasteiger partial charge is 0.225 e. The number of aromatic amines is 1. The molecule has 5 heterocycles. The van der Waals surface area contributed by atoms with E-state index in [2.05, 4.69) is 32.0 Å². The molecule has 8 heteroatoms. The number of imidazole rings is 1. The van der Waals surface area contributed by atoms with E-state index in [0.29, 0.717) is 16.9 Å². The van der Waals surface area contributed by atoms with Crippen LogP contribution in [0.2, 0.25) is 5.02 Å². The number of pyridine rings is 1. The number of halogens is 1. The van der Waals surface area contributed by atoms with Crippen molar-refractivity contribution in [2.24, 2.45) is 5.92 Å². The molecule has 0 aromatic carbocycles. The standard InChI is InChI=1S/C20H20ClN7/c1-13-6-14(15-7-24-25-8-15)11-27(10-13)20-22-5-4-17(26-20)18-9-23-19-3-2-16(21)12-28(18)19/h2-5,7-9,12-14H,6,10-11H2,1H3,(H,24,25)/t13-,14+/m1/s1. The minimum absolute atomic E-state index is 0.421. The summed E-state index contributed by atoms with van der Waals surface area (Å²) in [6.45, 7) is 4.10. The SMILES string of the molecule is C[C@@H]1C[C@H](c2cn[nH]c2)CN(c2nccc(-c3cnc4ccc(Cl)cn34)n2)C1. The molecule has 5 rings (SSSR count). The summed E-state index contributed by atoms with van der Waals surface area (Å²) in [5.74, 6) is 1.72. The van der Waals surface area contributed by atoms with Crippen LogP contribution in [0, 0.1) is 5.92 Å². The van der Waals surface area contributed by atoms with Gasteiger partial charge in [-0.1, -0.05) is 18.5 Å². The van der Waals surface area contributed by atoms with Gasteiger partial charge in [0, 0.05) is 37.6 Å². The third kappa shape index (κ3) is 3.11. The molecule has 28 heavy (non-hydrogen) atoms. The quantitative estimate of drug-likeness (QED) is 0.573. The molecule has 1 saturated heterocycles. The number of H-pyrrole nitrogens is 1. The fraction of sp³-hybridized carbons (Fsp3) is 0.300. The van der Waals surface area contributed by atoms with E-state index in [1.807, 2.05) is 53.6 Å². The zero-order valence-corrected chi connectivity index (χ0v) is 16.2. The summed E-state index contributed by atoms with van der Waals surface area (Å²) in [6.07, 6.45) is 10.5. The van der Waals surface area contributed by atoms with Crippen molar-refractivity contribution in [3.8, 4) is 11.4 Å². The molecule has 4 aromatic rings. The molecular formula is C20H20ClN7. The molecule has 142 valence electrons. The normalized spacial score (nSPS) is 20.0. The first-order chi connectivity index (χ1) is 13.7. The topological polar surface area (TPSA) is 75.0 Å². The minimum atomic E-state index is 0.421. The summed E-state index contributed by atoms with van der Waals surface area (Å²) in [5, 5.41) is 7.70. The Morgan fingerprint density at radius 3 is 2.93 bits per heavy atom. The van der Waals surface area contributed by atoms with E-state index in [9.17, 15) is 0 Å². The first kappa shape index (κ1) is 17.2. The van der Waals surface area contributed by atoms with Crippen LogP contribution < -0.4 is 4.90 Å². The van der Waals surface area contributed by atoms with Gasteiger partial charge in [-0.05, 0) is 36.1 Å². The number of hydrogen-bond acceptors (Lipinski definition) is 5. The van der Waals surface area contributed by atoms with Gasteiger partial charge in [-0.2, -0.15) is 5.10 Å². The minimum Gasteiger partial charge on any atom is -0.340 e. The van der Waals surface area contributed by atoms with Crippen LogP contribution in [0.25, 0.3) is 17.0 Å². The van der Waals surface area contributed by atoms with Gasteiger partial charge < -0.3 is 4.90 Å². The highest BCUT2D eigenvalue weighted by atomic mass is 35.5. The Hall–Kier alpha value is -2.93. The van der Waals surface area contributed by atoms with Crippen LogP contribution in [-0.2, 0) is 0 Å². The summed E-state index contributed by atoms with van der Waals surface area (Å²) in [4.78, 5) is 16.1.